The Morgan fingerprint density at radius 2 is 1.90 bits per heavy atom. The molecule has 2 aromatic carbocycles. The van der Waals surface area contributed by atoms with Crippen molar-refractivity contribution in [3.05, 3.63) is 65.5 Å². The molecule has 0 heterocycles. The van der Waals surface area contributed by atoms with E-state index in [9.17, 15) is 9.18 Å². The van der Waals surface area contributed by atoms with Crippen molar-refractivity contribution < 1.29 is 19.0 Å². The SMILES string of the molecule is CCc1ccccc1Oc1cccc(F)c1/C=C/C(=O)O. The minimum atomic E-state index is -1.14. The van der Waals surface area contributed by atoms with Crippen LogP contribution in [-0.4, -0.2) is 11.1 Å². The molecule has 2 aromatic rings. The van der Waals surface area contributed by atoms with Crippen LogP contribution in [0.25, 0.3) is 6.08 Å². The van der Waals surface area contributed by atoms with Crippen molar-refractivity contribution in [1.29, 1.82) is 0 Å². The van der Waals surface area contributed by atoms with Crippen molar-refractivity contribution in [3.63, 3.8) is 0 Å². The lowest BCUT2D eigenvalue weighted by Crippen LogP contribution is -1.95. The summed E-state index contributed by atoms with van der Waals surface area (Å²) < 4.78 is 19.6. The number of hydrogen-bond acceptors (Lipinski definition) is 2. The molecule has 0 aliphatic carbocycles. The van der Waals surface area contributed by atoms with E-state index >= 15 is 0 Å². The smallest absolute Gasteiger partial charge is 0.328 e. The van der Waals surface area contributed by atoms with E-state index in [-0.39, 0.29) is 11.3 Å². The van der Waals surface area contributed by atoms with E-state index in [4.69, 9.17) is 9.84 Å². The molecule has 0 amide bonds. The number of halogens is 1. The van der Waals surface area contributed by atoms with Crippen molar-refractivity contribution in [2.24, 2.45) is 0 Å². The lowest BCUT2D eigenvalue weighted by Gasteiger charge is -2.12. The van der Waals surface area contributed by atoms with Crippen LogP contribution < -0.4 is 4.74 Å². The molecule has 0 radical (unpaired) electrons. The molecule has 0 atom stereocenters. The van der Waals surface area contributed by atoms with Crippen LogP contribution in [0.15, 0.2) is 48.5 Å². The van der Waals surface area contributed by atoms with Gasteiger partial charge in [0.2, 0.25) is 0 Å². The van der Waals surface area contributed by atoms with E-state index in [0.29, 0.717) is 5.75 Å². The van der Waals surface area contributed by atoms with E-state index in [1.54, 1.807) is 12.1 Å². The number of hydrogen-bond donors (Lipinski definition) is 1. The van der Waals surface area contributed by atoms with Crippen LogP contribution in [-0.2, 0) is 11.2 Å². The van der Waals surface area contributed by atoms with Gasteiger partial charge in [0.25, 0.3) is 0 Å². The third-order valence-electron chi connectivity index (χ3n) is 2.98. The number of para-hydroxylation sites is 1. The summed E-state index contributed by atoms with van der Waals surface area (Å²) in [7, 11) is 0. The van der Waals surface area contributed by atoms with Crippen LogP contribution in [0.4, 0.5) is 4.39 Å². The van der Waals surface area contributed by atoms with Crippen molar-refractivity contribution in [3.8, 4) is 11.5 Å². The molecule has 0 fully saturated rings. The monoisotopic (exact) mass is 286 g/mol. The molecule has 0 bridgehead atoms. The molecule has 2 rings (SSSR count). The fraction of sp³-hybridized carbons (Fsp3) is 0.118. The summed E-state index contributed by atoms with van der Waals surface area (Å²) in [6, 6.07) is 11.9. The third kappa shape index (κ3) is 3.69. The molecule has 21 heavy (non-hydrogen) atoms. The normalized spacial score (nSPS) is 10.8. The molecule has 1 N–H and O–H groups in total. The van der Waals surface area contributed by atoms with E-state index in [1.165, 1.54) is 18.2 Å². The van der Waals surface area contributed by atoms with Gasteiger partial charge in [-0.1, -0.05) is 31.2 Å². The van der Waals surface area contributed by atoms with E-state index in [1.807, 2.05) is 25.1 Å². The summed E-state index contributed by atoms with van der Waals surface area (Å²) in [5, 5.41) is 8.68. The number of aryl methyl sites for hydroxylation is 1. The number of ether oxygens (including phenoxy) is 1. The molecule has 0 aliphatic heterocycles. The van der Waals surface area contributed by atoms with Gasteiger partial charge in [0, 0.05) is 6.08 Å². The second-order valence-corrected chi connectivity index (χ2v) is 4.39. The standard InChI is InChI=1S/C17H15FO3/c1-2-12-6-3-4-8-15(12)21-16-9-5-7-14(18)13(16)10-11-17(19)20/h3-11H,2H2,1H3,(H,19,20)/b11-10+. The minimum absolute atomic E-state index is 0.116. The zero-order valence-corrected chi connectivity index (χ0v) is 11.5. The van der Waals surface area contributed by atoms with Gasteiger partial charge >= 0.3 is 5.97 Å². The number of rotatable bonds is 5. The summed E-state index contributed by atoms with van der Waals surface area (Å²) in [6.45, 7) is 2.00. The maximum absolute atomic E-state index is 13.9. The summed E-state index contributed by atoms with van der Waals surface area (Å²) in [5.41, 5.74) is 1.11. The molecular weight excluding hydrogens is 271 g/mol. The Labute approximate surface area is 122 Å². The zero-order chi connectivity index (χ0) is 15.2. The van der Waals surface area contributed by atoms with Crippen LogP contribution in [0.1, 0.15) is 18.1 Å². The highest BCUT2D eigenvalue weighted by Crippen LogP contribution is 2.30. The fourth-order valence-electron chi connectivity index (χ4n) is 1.94. The zero-order valence-electron chi connectivity index (χ0n) is 11.5. The van der Waals surface area contributed by atoms with Crippen LogP contribution in [0.2, 0.25) is 0 Å². The highest BCUT2D eigenvalue weighted by Gasteiger charge is 2.10. The summed E-state index contributed by atoms with van der Waals surface area (Å²) >= 11 is 0. The Balaban J connectivity index is 2.40. The van der Waals surface area contributed by atoms with Crippen molar-refractivity contribution in [1.82, 2.24) is 0 Å². The first-order valence-electron chi connectivity index (χ1n) is 6.57. The van der Waals surface area contributed by atoms with Crippen molar-refractivity contribution in [2.45, 2.75) is 13.3 Å². The summed E-state index contributed by atoms with van der Waals surface area (Å²) in [6.07, 6.45) is 2.87. The van der Waals surface area contributed by atoms with Gasteiger partial charge in [-0.25, -0.2) is 9.18 Å². The average molecular weight is 286 g/mol. The topological polar surface area (TPSA) is 46.5 Å². The van der Waals surface area contributed by atoms with E-state index < -0.39 is 11.8 Å². The van der Waals surface area contributed by atoms with Gasteiger partial charge in [0.05, 0.1) is 5.56 Å². The first kappa shape index (κ1) is 14.8. The maximum atomic E-state index is 13.9. The lowest BCUT2D eigenvalue weighted by atomic mass is 10.1. The van der Waals surface area contributed by atoms with Gasteiger partial charge in [0.15, 0.2) is 0 Å². The Morgan fingerprint density at radius 1 is 1.19 bits per heavy atom. The number of aliphatic carboxylic acids is 1. The van der Waals surface area contributed by atoms with Gasteiger partial charge in [0.1, 0.15) is 17.3 Å². The quantitative estimate of drug-likeness (QED) is 0.834. The van der Waals surface area contributed by atoms with Crippen molar-refractivity contribution in [2.75, 3.05) is 0 Å². The van der Waals surface area contributed by atoms with Gasteiger partial charge < -0.3 is 9.84 Å². The van der Waals surface area contributed by atoms with Crippen LogP contribution in [0.3, 0.4) is 0 Å². The molecule has 3 nitrogen and oxygen atoms in total. The predicted octanol–water partition coefficient (Wildman–Crippen LogP) is 4.28. The number of carboxylic acid groups (broad SMARTS) is 1. The maximum Gasteiger partial charge on any atom is 0.328 e. The van der Waals surface area contributed by atoms with Gasteiger partial charge in [-0.15, -0.1) is 0 Å². The van der Waals surface area contributed by atoms with Crippen LogP contribution in [0.5, 0.6) is 11.5 Å². The average Bonchev–Trinajstić information content (AvgIpc) is 2.47. The van der Waals surface area contributed by atoms with E-state index in [2.05, 4.69) is 0 Å². The largest absolute Gasteiger partial charge is 0.478 e. The molecule has 0 saturated heterocycles. The first-order chi connectivity index (χ1) is 10.1. The Hall–Kier alpha value is -2.62. The molecule has 0 aliphatic rings. The Kier molecular flexibility index (Phi) is 4.72. The molecule has 0 saturated carbocycles. The molecule has 4 heteroatoms. The predicted molar refractivity (Wildman–Crippen MR) is 79.0 cm³/mol. The number of benzene rings is 2. The van der Waals surface area contributed by atoms with Gasteiger partial charge in [-0.2, -0.15) is 0 Å². The summed E-state index contributed by atoms with van der Waals surface area (Å²) in [4.78, 5) is 10.6. The fourth-order valence-corrected chi connectivity index (χ4v) is 1.94. The first-order valence-corrected chi connectivity index (χ1v) is 6.57. The Bertz CT molecular complexity index is 677. The molecule has 0 unspecified atom stereocenters. The molecule has 108 valence electrons. The second kappa shape index (κ2) is 6.70. The highest BCUT2D eigenvalue weighted by molar-refractivity contribution is 5.86. The third-order valence-corrected chi connectivity index (χ3v) is 2.98. The van der Waals surface area contributed by atoms with Crippen LogP contribution in [0, 0.1) is 5.82 Å². The molecule has 0 spiro atoms. The molecular formula is C17H15FO3. The van der Waals surface area contributed by atoms with Crippen LogP contribution >= 0.6 is 0 Å². The van der Waals surface area contributed by atoms with Crippen molar-refractivity contribution >= 4 is 12.0 Å². The Morgan fingerprint density at radius 3 is 2.62 bits per heavy atom. The van der Waals surface area contributed by atoms with Gasteiger partial charge in [-0.05, 0) is 36.3 Å². The number of carboxylic acids is 1. The van der Waals surface area contributed by atoms with E-state index in [0.717, 1.165) is 18.1 Å². The summed E-state index contributed by atoms with van der Waals surface area (Å²) in [5.74, 6) is -0.749. The highest BCUT2D eigenvalue weighted by atomic mass is 19.1. The molecule has 0 aromatic heterocycles. The number of carbonyl (C=O) groups is 1. The minimum Gasteiger partial charge on any atom is -0.478 e. The van der Waals surface area contributed by atoms with Gasteiger partial charge in [-0.3, -0.25) is 0 Å². The lowest BCUT2D eigenvalue weighted by molar-refractivity contribution is -0.131. The second-order valence-electron chi connectivity index (χ2n) is 4.39.